The SMILES string of the molecule is OC(CNCc1ccno1)COc1ccc(Cl)cc1. The Balaban J connectivity index is 1.64. The van der Waals surface area contributed by atoms with Crippen molar-refractivity contribution in [1.82, 2.24) is 10.5 Å². The number of hydrogen-bond donors (Lipinski definition) is 2. The zero-order chi connectivity index (χ0) is 13.5. The van der Waals surface area contributed by atoms with Gasteiger partial charge in [-0.25, -0.2) is 0 Å². The average Bonchev–Trinajstić information content (AvgIpc) is 2.91. The number of aromatic nitrogens is 1. The molecule has 2 rings (SSSR count). The summed E-state index contributed by atoms with van der Waals surface area (Å²) in [5, 5.41) is 17.0. The molecule has 6 heteroatoms. The van der Waals surface area contributed by atoms with Crippen LogP contribution in [0.15, 0.2) is 41.1 Å². The number of nitrogens with one attached hydrogen (secondary N) is 1. The van der Waals surface area contributed by atoms with Gasteiger partial charge < -0.3 is 19.7 Å². The third kappa shape index (κ3) is 4.90. The van der Waals surface area contributed by atoms with Crippen molar-refractivity contribution in [2.24, 2.45) is 0 Å². The monoisotopic (exact) mass is 282 g/mol. The van der Waals surface area contributed by atoms with Gasteiger partial charge >= 0.3 is 0 Å². The molecule has 0 radical (unpaired) electrons. The van der Waals surface area contributed by atoms with Gasteiger partial charge in [-0.3, -0.25) is 0 Å². The third-order valence-electron chi connectivity index (χ3n) is 2.43. The summed E-state index contributed by atoms with van der Waals surface area (Å²) in [5.41, 5.74) is 0. The molecule has 5 nitrogen and oxygen atoms in total. The Kier molecular flexibility index (Phi) is 5.20. The van der Waals surface area contributed by atoms with E-state index < -0.39 is 6.10 Å². The van der Waals surface area contributed by atoms with E-state index in [9.17, 15) is 5.11 Å². The summed E-state index contributed by atoms with van der Waals surface area (Å²) < 4.78 is 10.3. The Morgan fingerprint density at radius 1 is 1.32 bits per heavy atom. The highest BCUT2D eigenvalue weighted by Crippen LogP contribution is 2.15. The molecule has 0 bridgehead atoms. The van der Waals surface area contributed by atoms with E-state index in [1.165, 1.54) is 0 Å². The van der Waals surface area contributed by atoms with Crippen LogP contribution in [0.5, 0.6) is 5.75 Å². The molecule has 1 aromatic carbocycles. The van der Waals surface area contributed by atoms with Gasteiger partial charge in [0, 0.05) is 17.6 Å². The number of aliphatic hydroxyl groups excluding tert-OH is 1. The van der Waals surface area contributed by atoms with Gasteiger partial charge in [0.25, 0.3) is 0 Å². The Labute approximate surface area is 116 Å². The molecule has 1 atom stereocenters. The molecule has 1 heterocycles. The van der Waals surface area contributed by atoms with E-state index in [4.69, 9.17) is 20.9 Å². The zero-order valence-electron chi connectivity index (χ0n) is 10.3. The smallest absolute Gasteiger partial charge is 0.150 e. The summed E-state index contributed by atoms with van der Waals surface area (Å²) in [6, 6.07) is 8.77. The maximum atomic E-state index is 9.73. The second-order valence-electron chi connectivity index (χ2n) is 4.03. The predicted molar refractivity (Wildman–Crippen MR) is 71.2 cm³/mol. The van der Waals surface area contributed by atoms with Crippen molar-refractivity contribution in [2.45, 2.75) is 12.6 Å². The molecule has 1 unspecified atom stereocenters. The highest BCUT2D eigenvalue weighted by molar-refractivity contribution is 6.30. The molecule has 2 N–H and O–H groups in total. The lowest BCUT2D eigenvalue weighted by Crippen LogP contribution is -2.31. The molecule has 102 valence electrons. The van der Waals surface area contributed by atoms with Crippen LogP contribution in [0.25, 0.3) is 0 Å². The van der Waals surface area contributed by atoms with Crippen LogP contribution < -0.4 is 10.1 Å². The molecule has 0 saturated carbocycles. The van der Waals surface area contributed by atoms with Gasteiger partial charge in [-0.05, 0) is 24.3 Å². The van der Waals surface area contributed by atoms with Gasteiger partial charge in [-0.2, -0.15) is 0 Å². The molecule has 0 amide bonds. The molecule has 0 saturated heterocycles. The molecule has 1 aromatic heterocycles. The lowest BCUT2D eigenvalue weighted by atomic mass is 10.3. The van der Waals surface area contributed by atoms with Crippen LogP contribution in [0, 0.1) is 0 Å². The van der Waals surface area contributed by atoms with E-state index in [1.54, 1.807) is 36.5 Å². The van der Waals surface area contributed by atoms with Crippen molar-refractivity contribution < 1.29 is 14.4 Å². The highest BCUT2D eigenvalue weighted by atomic mass is 35.5. The number of nitrogens with zero attached hydrogens (tertiary/aromatic N) is 1. The molecule has 19 heavy (non-hydrogen) atoms. The third-order valence-corrected chi connectivity index (χ3v) is 2.68. The van der Waals surface area contributed by atoms with Crippen molar-refractivity contribution in [3.05, 3.63) is 47.3 Å². The van der Waals surface area contributed by atoms with Crippen molar-refractivity contribution in [1.29, 1.82) is 0 Å². The van der Waals surface area contributed by atoms with Gasteiger partial charge in [-0.15, -0.1) is 0 Å². The molecule has 0 aliphatic heterocycles. The molecule has 0 spiro atoms. The summed E-state index contributed by atoms with van der Waals surface area (Å²) in [6.07, 6.45) is 0.982. The van der Waals surface area contributed by atoms with E-state index in [1.807, 2.05) is 0 Å². The number of aliphatic hydroxyl groups is 1. The lowest BCUT2D eigenvalue weighted by molar-refractivity contribution is 0.105. The molecule has 0 aliphatic carbocycles. The fraction of sp³-hybridized carbons (Fsp3) is 0.308. The Hall–Kier alpha value is -1.56. The quantitative estimate of drug-likeness (QED) is 0.811. The van der Waals surface area contributed by atoms with Crippen LogP contribution in [-0.4, -0.2) is 29.5 Å². The second kappa shape index (κ2) is 7.13. The Morgan fingerprint density at radius 2 is 2.11 bits per heavy atom. The average molecular weight is 283 g/mol. The Bertz CT molecular complexity index is 473. The van der Waals surface area contributed by atoms with Gasteiger partial charge in [0.05, 0.1) is 12.7 Å². The summed E-state index contributed by atoms with van der Waals surface area (Å²) in [4.78, 5) is 0. The summed E-state index contributed by atoms with van der Waals surface area (Å²) in [7, 11) is 0. The van der Waals surface area contributed by atoms with Gasteiger partial charge in [0.15, 0.2) is 0 Å². The first-order chi connectivity index (χ1) is 9.24. The van der Waals surface area contributed by atoms with Crippen LogP contribution in [0.1, 0.15) is 5.76 Å². The van der Waals surface area contributed by atoms with Gasteiger partial charge in [0.2, 0.25) is 0 Å². The number of benzene rings is 1. The number of rotatable bonds is 7. The first-order valence-electron chi connectivity index (χ1n) is 5.91. The largest absolute Gasteiger partial charge is 0.491 e. The maximum Gasteiger partial charge on any atom is 0.150 e. The van der Waals surface area contributed by atoms with Crippen molar-refractivity contribution in [3.63, 3.8) is 0 Å². The summed E-state index contributed by atoms with van der Waals surface area (Å²) in [5.74, 6) is 1.41. The zero-order valence-corrected chi connectivity index (χ0v) is 11.0. The van der Waals surface area contributed by atoms with E-state index in [0.29, 0.717) is 23.9 Å². The number of halogens is 1. The summed E-state index contributed by atoms with van der Waals surface area (Å²) in [6.45, 7) is 1.15. The van der Waals surface area contributed by atoms with Crippen LogP contribution in [0.2, 0.25) is 5.02 Å². The minimum absolute atomic E-state index is 0.213. The summed E-state index contributed by atoms with van der Waals surface area (Å²) >= 11 is 5.76. The predicted octanol–water partition coefficient (Wildman–Crippen LogP) is 1.86. The van der Waals surface area contributed by atoms with Gasteiger partial charge in [0.1, 0.15) is 24.2 Å². The van der Waals surface area contributed by atoms with Gasteiger partial charge in [-0.1, -0.05) is 16.8 Å². The second-order valence-corrected chi connectivity index (χ2v) is 4.46. The number of hydrogen-bond acceptors (Lipinski definition) is 5. The molecular weight excluding hydrogens is 268 g/mol. The van der Waals surface area contributed by atoms with E-state index in [-0.39, 0.29) is 6.61 Å². The standard InChI is InChI=1S/C13H15ClN2O3/c14-10-1-3-12(4-2-10)18-9-11(17)7-15-8-13-5-6-16-19-13/h1-6,11,15,17H,7-9H2. The van der Waals surface area contributed by atoms with Crippen molar-refractivity contribution >= 4 is 11.6 Å². The topological polar surface area (TPSA) is 67.5 Å². The maximum absolute atomic E-state index is 9.73. The van der Waals surface area contributed by atoms with Crippen LogP contribution >= 0.6 is 11.6 Å². The molecule has 0 aliphatic rings. The fourth-order valence-corrected chi connectivity index (χ4v) is 1.60. The van der Waals surface area contributed by atoms with E-state index in [0.717, 1.165) is 5.76 Å². The van der Waals surface area contributed by atoms with Crippen molar-refractivity contribution in [3.8, 4) is 5.75 Å². The first-order valence-corrected chi connectivity index (χ1v) is 6.28. The minimum atomic E-state index is -0.599. The first kappa shape index (κ1) is 13.9. The van der Waals surface area contributed by atoms with Crippen LogP contribution in [-0.2, 0) is 6.54 Å². The normalized spacial score (nSPS) is 12.3. The lowest BCUT2D eigenvalue weighted by Gasteiger charge is -2.12. The Morgan fingerprint density at radius 3 is 2.79 bits per heavy atom. The molecular formula is C13H15ClN2O3. The van der Waals surface area contributed by atoms with E-state index >= 15 is 0 Å². The van der Waals surface area contributed by atoms with E-state index in [2.05, 4.69) is 10.5 Å². The van der Waals surface area contributed by atoms with Crippen molar-refractivity contribution in [2.75, 3.05) is 13.2 Å². The fourth-order valence-electron chi connectivity index (χ4n) is 1.48. The minimum Gasteiger partial charge on any atom is -0.491 e. The highest BCUT2D eigenvalue weighted by Gasteiger charge is 2.05. The molecule has 2 aromatic rings. The number of ether oxygens (including phenoxy) is 1. The molecule has 0 fully saturated rings. The van der Waals surface area contributed by atoms with Crippen LogP contribution in [0.3, 0.4) is 0 Å². The van der Waals surface area contributed by atoms with Crippen LogP contribution in [0.4, 0.5) is 0 Å².